The quantitative estimate of drug-likeness (QED) is 0.712. The number of hydrogen-bond donors (Lipinski definition) is 1. The molecule has 0 radical (unpaired) electrons. The lowest BCUT2D eigenvalue weighted by Gasteiger charge is -2.24. The van der Waals surface area contributed by atoms with Crippen LogP contribution in [-0.4, -0.2) is 34.5 Å². The van der Waals surface area contributed by atoms with E-state index in [0.29, 0.717) is 6.54 Å². The Morgan fingerprint density at radius 1 is 1.15 bits per heavy atom. The van der Waals surface area contributed by atoms with Crippen molar-refractivity contribution < 1.29 is 14.6 Å². The molecular formula is C22H28N2O3. The number of imidazole rings is 1. The minimum absolute atomic E-state index is 0.0913. The summed E-state index contributed by atoms with van der Waals surface area (Å²) in [5.41, 5.74) is 2.92. The zero-order chi connectivity index (χ0) is 19.6. The second kappa shape index (κ2) is 7.61. The molecule has 2 aromatic carbocycles. The van der Waals surface area contributed by atoms with Crippen molar-refractivity contribution in [3.05, 3.63) is 53.9 Å². The fraction of sp³-hybridized carbons (Fsp3) is 0.409. The summed E-state index contributed by atoms with van der Waals surface area (Å²) in [4.78, 5) is 4.55. The van der Waals surface area contributed by atoms with Gasteiger partial charge < -0.3 is 19.1 Å². The van der Waals surface area contributed by atoms with Crippen molar-refractivity contribution in [2.75, 3.05) is 13.7 Å². The van der Waals surface area contributed by atoms with E-state index in [9.17, 15) is 5.11 Å². The molecule has 0 spiro atoms. The second-order valence-corrected chi connectivity index (χ2v) is 7.84. The summed E-state index contributed by atoms with van der Waals surface area (Å²) in [6.45, 7) is 8.99. The van der Waals surface area contributed by atoms with Crippen molar-refractivity contribution in [2.45, 2.75) is 45.8 Å². The van der Waals surface area contributed by atoms with Crippen LogP contribution in [0.15, 0.2) is 42.5 Å². The Hall–Kier alpha value is -2.53. The minimum atomic E-state index is -0.642. The molecule has 0 fully saturated rings. The van der Waals surface area contributed by atoms with Gasteiger partial charge in [-0.1, -0.05) is 32.9 Å². The molecule has 1 unspecified atom stereocenters. The third-order valence-electron chi connectivity index (χ3n) is 4.66. The van der Waals surface area contributed by atoms with Crippen molar-refractivity contribution >= 4 is 11.0 Å². The van der Waals surface area contributed by atoms with Gasteiger partial charge >= 0.3 is 0 Å². The molecule has 5 nitrogen and oxygen atoms in total. The smallest absolute Gasteiger partial charge is 0.123 e. The Balaban J connectivity index is 1.74. The number of para-hydroxylation sites is 2. The number of aliphatic hydroxyl groups is 1. The first-order chi connectivity index (χ1) is 12.8. The standard InChI is InChI=1S/C22H28N2O3/c1-15-23-19-8-6-7-9-20(19)24(15)13-16(25)14-27-21-11-10-17(26-5)12-18(21)22(2,3)4/h6-12,16,25H,13-14H2,1-5H3. The molecule has 0 aliphatic rings. The zero-order valence-corrected chi connectivity index (χ0v) is 16.7. The number of hydrogen-bond acceptors (Lipinski definition) is 4. The molecule has 0 aliphatic carbocycles. The summed E-state index contributed by atoms with van der Waals surface area (Å²) in [5.74, 6) is 2.46. The van der Waals surface area contributed by atoms with E-state index >= 15 is 0 Å². The molecule has 5 heteroatoms. The Kier molecular flexibility index (Phi) is 5.42. The molecule has 144 valence electrons. The molecule has 1 aromatic heterocycles. The highest BCUT2D eigenvalue weighted by Gasteiger charge is 2.21. The fourth-order valence-corrected chi connectivity index (χ4v) is 3.22. The molecule has 3 rings (SSSR count). The van der Waals surface area contributed by atoms with Crippen molar-refractivity contribution in [3.63, 3.8) is 0 Å². The van der Waals surface area contributed by atoms with Gasteiger partial charge in [0.15, 0.2) is 0 Å². The van der Waals surface area contributed by atoms with Gasteiger partial charge in [-0.05, 0) is 42.7 Å². The Morgan fingerprint density at radius 2 is 1.89 bits per heavy atom. The van der Waals surface area contributed by atoms with E-state index in [1.807, 2.05) is 54.0 Å². The first-order valence-corrected chi connectivity index (χ1v) is 9.21. The van der Waals surface area contributed by atoms with Gasteiger partial charge in [0.1, 0.15) is 30.0 Å². The molecule has 1 N–H and O–H groups in total. The summed E-state index contributed by atoms with van der Waals surface area (Å²) >= 11 is 0. The van der Waals surface area contributed by atoms with Gasteiger partial charge in [0.2, 0.25) is 0 Å². The number of methoxy groups -OCH3 is 1. The average Bonchev–Trinajstić information content (AvgIpc) is 2.94. The highest BCUT2D eigenvalue weighted by atomic mass is 16.5. The van der Waals surface area contributed by atoms with Gasteiger partial charge in [0, 0.05) is 5.56 Å². The number of aliphatic hydroxyl groups excluding tert-OH is 1. The number of aromatic nitrogens is 2. The lowest BCUT2D eigenvalue weighted by atomic mass is 9.86. The highest BCUT2D eigenvalue weighted by Crippen LogP contribution is 2.34. The summed E-state index contributed by atoms with van der Waals surface area (Å²) in [6, 6.07) is 13.7. The summed E-state index contributed by atoms with van der Waals surface area (Å²) in [7, 11) is 1.66. The van der Waals surface area contributed by atoms with Gasteiger partial charge in [-0.2, -0.15) is 0 Å². The summed E-state index contributed by atoms with van der Waals surface area (Å²) < 4.78 is 13.4. The highest BCUT2D eigenvalue weighted by molar-refractivity contribution is 5.75. The molecule has 3 aromatic rings. The van der Waals surface area contributed by atoms with E-state index in [4.69, 9.17) is 9.47 Å². The number of benzene rings is 2. The Labute approximate surface area is 160 Å². The third kappa shape index (κ3) is 4.25. The number of rotatable bonds is 6. The molecule has 0 saturated heterocycles. The van der Waals surface area contributed by atoms with E-state index in [1.54, 1.807) is 7.11 Å². The number of nitrogens with zero attached hydrogens (tertiary/aromatic N) is 2. The molecule has 27 heavy (non-hydrogen) atoms. The molecule has 1 heterocycles. The van der Waals surface area contributed by atoms with Crippen LogP contribution in [-0.2, 0) is 12.0 Å². The molecule has 0 bridgehead atoms. The van der Waals surface area contributed by atoms with Crippen molar-refractivity contribution in [3.8, 4) is 11.5 Å². The predicted octanol–water partition coefficient (Wildman–Crippen LogP) is 4.09. The van der Waals surface area contributed by atoms with Crippen LogP contribution >= 0.6 is 0 Å². The summed E-state index contributed by atoms with van der Waals surface area (Å²) in [6.07, 6.45) is -0.642. The Bertz CT molecular complexity index is 925. The van der Waals surface area contributed by atoms with Gasteiger partial charge in [0.05, 0.1) is 24.7 Å². The van der Waals surface area contributed by atoms with E-state index < -0.39 is 6.10 Å². The maximum atomic E-state index is 10.6. The van der Waals surface area contributed by atoms with Crippen LogP contribution in [0.4, 0.5) is 0 Å². The first kappa shape index (κ1) is 19.2. The van der Waals surface area contributed by atoms with Crippen molar-refractivity contribution in [1.29, 1.82) is 0 Å². The normalized spacial score (nSPS) is 13.0. The largest absolute Gasteiger partial charge is 0.497 e. The van der Waals surface area contributed by atoms with Crippen LogP contribution in [0.2, 0.25) is 0 Å². The van der Waals surface area contributed by atoms with Gasteiger partial charge in [-0.25, -0.2) is 4.98 Å². The van der Waals surface area contributed by atoms with Gasteiger partial charge in [-0.15, -0.1) is 0 Å². The van der Waals surface area contributed by atoms with Crippen LogP contribution in [0.5, 0.6) is 11.5 Å². The van der Waals surface area contributed by atoms with E-state index in [1.165, 1.54) is 0 Å². The van der Waals surface area contributed by atoms with Crippen LogP contribution in [0.1, 0.15) is 32.2 Å². The minimum Gasteiger partial charge on any atom is -0.497 e. The average molecular weight is 368 g/mol. The lowest BCUT2D eigenvalue weighted by molar-refractivity contribution is 0.0919. The molecule has 0 saturated carbocycles. The predicted molar refractivity (Wildman–Crippen MR) is 108 cm³/mol. The van der Waals surface area contributed by atoms with Crippen LogP contribution in [0, 0.1) is 6.92 Å². The van der Waals surface area contributed by atoms with Gasteiger partial charge in [0.25, 0.3) is 0 Å². The number of fused-ring (bicyclic) bond motifs is 1. The van der Waals surface area contributed by atoms with Crippen LogP contribution in [0.25, 0.3) is 11.0 Å². The monoisotopic (exact) mass is 368 g/mol. The summed E-state index contributed by atoms with van der Waals surface area (Å²) in [5, 5.41) is 10.6. The van der Waals surface area contributed by atoms with Gasteiger partial charge in [-0.3, -0.25) is 0 Å². The van der Waals surface area contributed by atoms with Crippen molar-refractivity contribution in [1.82, 2.24) is 9.55 Å². The van der Waals surface area contributed by atoms with Crippen LogP contribution < -0.4 is 9.47 Å². The van der Waals surface area contributed by atoms with E-state index in [2.05, 4.69) is 25.8 Å². The van der Waals surface area contributed by atoms with Crippen molar-refractivity contribution in [2.24, 2.45) is 0 Å². The lowest BCUT2D eigenvalue weighted by Crippen LogP contribution is -2.25. The third-order valence-corrected chi connectivity index (χ3v) is 4.66. The number of aryl methyl sites for hydroxylation is 1. The molecular weight excluding hydrogens is 340 g/mol. The topological polar surface area (TPSA) is 56.5 Å². The van der Waals surface area contributed by atoms with E-state index in [-0.39, 0.29) is 12.0 Å². The maximum Gasteiger partial charge on any atom is 0.123 e. The molecule has 0 aliphatic heterocycles. The zero-order valence-electron chi connectivity index (χ0n) is 16.7. The first-order valence-electron chi connectivity index (χ1n) is 9.21. The second-order valence-electron chi connectivity index (χ2n) is 7.84. The molecule has 0 amide bonds. The Morgan fingerprint density at radius 3 is 2.59 bits per heavy atom. The van der Waals surface area contributed by atoms with Crippen LogP contribution in [0.3, 0.4) is 0 Å². The maximum absolute atomic E-state index is 10.6. The SMILES string of the molecule is COc1ccc(OCC(O)Cn2c(C)nc3ccccc32)c(C(C)(C)C)c1. The van der Waals surface area contributed by atoms with E-state index in [0.717, 1.165) is 33.9 Å². The fourth-order valence-electron chi connectivity index (χ4n) is 3.22. The molecule has 1 atom stereocenters. The number of ether oxygens (including phenoxy) is 2.